The van der Waals surface area contributed by atoms with Gasteiger partial charge in [-0.05, 0) is 6.42 Å². The van der Waals surface area contributed by atoms with Crippen LogP contribution in [-0.4, -0.2) is 16.1 Å². The number of carbonyl (C=O) groups is 1. The van der Waals surface area contributed by atoms with Crippen LogP contribution in [0.3, 0.4) is 0 Å². The number of nitrogens with one attached hydrogen (secondary N) is 1. The molecular weight excluding hydrogens is 144 g/mol. The summed E-state index contributed by atoms with van der Waals surface area (Å²) in [6.07, 6.45) is 2.13. The number of aryl methyl sites for hydroxylation is 1. The average Bonchev–Trinajstić information content (AvgIpc) is 2.30. The Bertz CT molecular complexity index is 278. The second-order valence-corrected chi connectivity index (χ2v) is 2.25. The minimum absolute atomic E-state index is 0.154. The predicted molar refractivity (Wildman–Crippen MR) is 41.5 cm³/mol. The highest BCUT2D eigenvalue weighted by molar-refractivity contribution is 5.94. The van der Waals surface area contributed by atoms with E-state index in [0.29, 0.717) is 5.69 Å². The quantitative estimate of drug-likeness (QED) is 0.591. The highest BCUT2D eigenvalue weighted by Crippen LogP contribution is 2.16. The smallest absolute Gasteiger partial charge is 0.339 e. The van der Waals surface area contributed by atoms with Crippen LogP contribution in [0.4, 0.5) is 5.69 Å². The van der Waals surface area contributed by atoms with Crippen molar-refractivity contribution >= 4 is 11.7 Å². The summed E-state index contributed by atoms with van der Waals surface area (Å²) in [7, 11) is 0. The molecule has 4 nitrogen and oxygen atoms in total. The van der Waals surface area contributed by atoms with Crippen LogP contribution < -0.4 is 5.73 Å². The van der Waals surface area contributed by atoms with Crippen molar-refractivity contribution in [1.82, 2.24) is 4.98 Å². The van der Waals surface area contributed by atoms with E-state index in [0.717, 1.165) is 12.1 Å². The molecule has 1 heterocycles. The number of H-pyrrole nitrogens is 1. The van der Waals surface area contributed by atoms with Crippen molar-refractivity contribution in [2.75, 3.05) is 5.73 Å². The molecule has 0 aliphatic heterocycles. The van der Waals surface area contributed by atoms with E-state index in [2.05, 4.69) is 4.98 Å². The van der Waals surface area contributed by atoms with E-state index < -0.39 is 5.97 Å². The Balaban J connectivity index is 3.10. The van der Waals surface area contributed by atoms with Crippen LogP contribution in [0, 0.1) is 0 Å². The van der Waals surface area contributed by atoms with Crippen LogP contribution in [0.1, 0.15) is 23.0 Å². The van der Waals surface area contributed by atoms with Crippen LogP contribution in [-0.2, 0) is 6.42 Å². The van der Waals surface area contributed by atoms with Gasteiger partial charge < -0.3 is 15.8 Å². The van der Waals surface area contributed by atoms with E-state index in [-0.39, 0.29) is 5.56 Å². The van der Waals surface area contributed by atoms with Gasteiger partial charge in [0.05, 0.1) is 5.69 Å². The van der Waals surface area contributed by atoms with E-state index in [4.69, 9.17) is 10.8 Å². The predicted octanol–water partition coefficient (Wildman–Crippen LogP) is 0.857. The molecule has 0 saturated carbocycles. The fraction of sp³-hybridized carbons (Fsp3) is 0.286. The van der Waals surface area contributed by atoms with Gasteiger partial charge in [0.2, 0.25) is 0 Å². The summed E-state index contributed by atoms with van der Waals surface area (Å²) >= 11 is 0. The third-order valence-electron chi connectivity index (χ3n) is 1.59. The number of aromatic nitrogens is 1. The van der Waals surface area contributed by atoms with Crippen molar-refractivity contribution in [2.45, 2.75) is 13.3 Å². The van der Waals surface area contributed by atoms with Crippen molar-refractivity contribution < 1.29 is 9.90 Å². The zero-order chi connectivity index (χ0) is 8.43. The fourth-order valence-corrected chi connectivity index (χ4v) is 0.947. The number of carboxylic acids is 1. The second kappa shape index (κ2) is 2.65. The number of aromatic carboxylic acids is 1. The minimum atomic E-state index is -0.988. The highest BCUT2D eigenvalue weighted by atomic mass is 16.4. The Kier molecular flexibility index (Phi) is 1.85. The van der Waals surface area contributed by atoms with Crippen LogP contribution in [0.15, 0.2) is 6.20 Å². The topological polar surface area (TPSA) is 79.1 Å². The lowest BCUT2D eigenvalue weighted by Gasteiger charge is -1.93. The van der Waals surface area contributed by atoms with Crippen molar-refractivity contribution in [3.63, 3.8) is 0 Å². The third kappa shape index (κ3) is 1.19. The Hall–Kier alpha value is -1.45. The van der Waals surface area contributed by atoms with Gasteiger partial charge in [0.1, 0.15) is 5.56 Å². The number of carboxylic acid groups (broad SMARTS) is 1. The van der Waals surface area contributed by atoms with E-state index in [9.17, 15) is 4.79 Å². The van der Waals surface area contributed by atoms with Gasteiger partial charge in [-0.2, -0.15) is 0 Å². The number of aromatic amines is 1. The molecule has 4 N–H and O–H groups in total. The first-order valence-electron chi connectivity index (χ1n) is 3.35. The van der Waals surface area contributed by atoms with Crippen LogP contribution in [0.2, 0.25) is 0 Å². The van der Waals surface area contributed by atoms with Crippen molar-refractivity contribution in [1.29, 1.82) is 0 Å². The molecule has 0 amide bonds. The monoisotopic (exact) mass is 154 g/mol. The maximum Gasteiger partial charge on any atom is 0.339 e. The average molecular weight is 154 g/mol. The molecule has 0 radical (unpaired) electrons. The number of nitrogen functional groups attached to an aromatic ring is 1. The van der Waals surface area contributed by atoms with Gasteiger partial charge in [0.25, 0.3) is 0 Å². The fourth-order valence-electron chi connectivity index (χ4n) is 0.947. The van der Waals surface area contributed by atoms with E-state index >= 15 is 0 Å². The Morgan fingerprint density at radius 2 is 2.45 bits per heavy atom. The van der Waals surface area contributed by atoms with Gasteiger partial charge in [-0.1, -0.05) is 6.92 Å². The van der Waals surface area contributed by atoms with Gasteiger partial charge in [-0.15, -0.1) is 0 Å². The summed E-state index contributed by atoms with van der Waals surface area (Å²) < 4.78 is 0. The first-order valence-corrected chi connectivity index (χ1v) is 3.35. The standard InChI is InChI=1S/C7H10N2O2/c1-2-5-6(8)4(3-9-5)7(10)11/h3,9H,2,8H2,1H3,(H,10,11). The summed E-state index contributed by atoms with van der Waals surface area (Å²) in [5, 5.41) is 8.57. The normalized spacial score (nSPS) is 9.91. The lowest BCUT2D eigenvalue weighted by molar-refractivity contribution is 0.0698. The molecule has 11 heavy (non-hydrogen) atoms. The number of rotatable bonds is 2. The number of hydrogen-bond acceptors (Lipinski definition) is 2. The van der Waals surface area contributed by atoms with Gasteiger partial charge in [-0.25, -0.2) is 4.79 Å². The SMILES string of the molecule is CCc1[nH]cc(C(=O)O)c1N. The molecular formula is C7H10N2O2. The molecule has 0 unspecified atom stereocenters. The molecule has 0 fully saturated rings. The van der Waals surface area contributed by atoms with Gasteiger partial charge in [0.15, 0.2) is 0 Å². The van der Waals surface area contributed by atoms with Crippen LogP contribution in [0.5, 0.6) is 0 Å². The molecule has 0 aromatic carbocycles. The van der Waals surface area contributed by atoms with Gasteiger partial charge in [0, 0.05) is 11.9 Å². The molecule has 0 saturated heterocycles. The Labute approximate surface area is 64.0 Å². The highest BCUT2D eigenvalue weighted by Gasteiger charge is 2.11. The largest absolute Gasteiger partial charge is 0.478 e. The van der Waals surface area contributed by atoms with Crippen LogP contribution in [0.25, 0.3) is 0 Å². The maximum absolute atomic E-state index is 10.5. The van der Waals surface area contributed by atoms with Crippen LogP contribution >= 0.6 is 0 Å². The summed E-state index contributed by atoms with van der Waals surface area (Å²) in [6.45, 7) is 1.91. The lowest BCUT2D eigenvalue weighted by atomic mass is 10.2. The zero-order valence-corrected chi connectivity index (χ0v) is 6.22. The number of hydrogen-bond donors (Lipinski definition) is 3. The first kappa shape index (κ1) is 7.65. The molecule has 0 spiro atoms. The van der Waals surface area contributed by atoms with E-state index in [1.54, 1.807) is 0 Å². The molecule has 0 atom stereocenters. The van der Waals surface area contributed by atoms with E-state index in [1.165, 1.54) is 6.20 Å². The summed E-state index contributed by atoms with van der Waals surface area (Å²) in [5.41, 5.74) is 6.78. The van der Waals surface area contributed by atoms with Gasteiger partial charge in [-0.3, -0.25) is 0 Å². The summed E-state index contributed by atoms with van der Waals surface area (Å²) in [5.74, 6) is -0.988. The number of nitrogens with two attached hydrogens (primary N) is 1. The maximum atomic E-state index is 10.5. The first-order chi connectivity index (χ1) is 5.16. The molecule has 0 aliphatic carbocycles. The summed E-state index contributed by atoms with van der Waals surface area (Å²) in [6, 6.07) is 0. The molecule has 1 aromatic rings. The molecule has 0 aliphatic rings. The minimum Gasteiger partial charge on any atom is -0.478 e. The second-order valence-electron chi connectivity index (χ2n) is 2.25. The van der Waals surface area contributed by atoms with E-state index in [1.807, 2.05) is 6.92 Å². The Morgan fingerprint density at radius 1 is 1.82 bits per heavy atom. The number of anilines is 1. The van der Waals surface area contributed by atoms with Crippen molar-refractivity contribution in [2.24, 2.45) is 0 Å². The molecule has 4 heteroatoms. The van der Waals surface area contributed by atoms with Gasteiger partial charge >= 0.3 is 5.97 Å². The molecule has 0 bridgehead atoms. The molecule has 60 valence electrons. The molecule has 1 aromatic heterocycles. The zero-order valence-electron chi connectivity index (χ0n) is 6.22. The third-order valence-corrected chi connectivity index (χ3v) is 1.59. The van der Waals surface area contributed by atoms with Crippen molar-refractivity contribution in [3.8, 4) is 0 Å². The summed E-state index contributed by atoms with van der Waals surface area (Å²) in [4.78, 5) is 13.3. The Morgan fingerprint density at radius 3 is 2.73 bits per heavy atom. The van der Waals surface area contributed by atoms with Crippen molar-refractivity contribution in [3.05, 3.63) is 17.5 Å². The lowest BCUT2D eigenvalue weighted by Crippen LogP contribution is -1.99. The molecule has 1 rings (SSSR count).